The number of phosphoric acid groups is 1. The van der Waals surface area contributed by atoms with Crippen LogP contribution in [0.2, 0.25) is 0 Å². The van der Waals surface area contributed by atoms with Gasteiger partial charge in [-0.2, -0.15) is 0 Å². The first kappa shape index (κ1) is 49.3. The minimum atomic E-state index is -4.75. The Morgan fingerprint density at radius 1 is 0.529 bits per heavy atom. The van der Waals surface area contributed by atoms with E-state index >= 15 is 0 Å². The van der Waals surface area contributed by atoms with Crippen LogP contribution in [0.15, 0.2) is 36.5 Å². The lowest BCUT2D eigenvalue weighted by atomic mass is 10.0. The highest BCUT2D eigenvalue weighted by atomic mass is 31.2. The lowest BCUT2D eigenvalue weighted by molar-refractivity contribution is -0.161. The molecule has 2 N–H and O–H groups in total. The van der Waals surface area contributed by atoms with Crippen molar-refractivity contribution in [2.45, 2.75) is 206 Å². The van der Waals surface area contributed by atoms with Crippen molar-refractivity contribution in [3.05, 3.63) is 36.5 Å². The van der Waals surface area contributed by atoms with Gasteiger partial charge < -0.3 is 19.3 Å². The molecule has 0 bridgehead atoms. The molecule has 0 saturated heterocycles. The smallest absolute Gasteiger partial charge is 0.462 e. The van der Waals surface area contributed by atoms with Crippen molar-refractivity contribution < 1.29 is 37.9 Å². The summed E-state index contributed by atoms with van der Waals surface area (Å²) in [7, 11) is -4.75. The van der Waals surface area contributed by atoms with Crippen LogP contribution in [-0.2, 0) is 28.2 Å². The van der Waals surface area contributed by atoms with E-state index in [2.05, 4.69) is 54.8 Å². The zero-order chi connectivity index (χ0) is 37.5. The summed E-state index contributed by atoms with van der Waals surface area (Å²) in [5, 5.41) is 0. The van der Waals surface area contributed by atoms with Crippen molar-refractivity contribution in [2.24, 2.45) is 0 Å². The number of hydrogen-bond acceptors (Lipinski definition) is 6. The highest BCUT2D eigenvalue weighted by molar-refractivity contribution is 7.46. The molecule has 0 fully saturated rings. The van der Waals surface area contributed by atoms with Gasteiger partial charge in [0.25, 0.3) is 0 Å². The molecule has 8 nitrogen and oxygen atoms in total. The van der Waals surface area contributed by atoms with Crippen LogP contribution in [-0.4, -0.2) is 41.0 Å². The Hall–Kier alpha value is -1.73. The average molecular weight is 741 g/mol. The van der Waals surface area contributed by atoms with E-state index in [0.29, 0.717) is 12.8 Å². The maximum absolute atomic E-state index is 12.4. The van der Waals surface area contributed by atoms with Gasteiger partial charge in [0.1, 0.15) is 6.61 Å². The average Bonchev–Trinajstić information content (AvgIpc) is 3.10. The second kappa shape index (κ2) is 38.0. The maximum Gasteiger partial charge on any atom is 0.469 e. The lowest BCUT2D eigenvalue weighted by Crippen LogP contribution is -2.29. The van der Waals surface area contributed by atoms with Crippen molar-refractivity contribution >= 4 is 19.8 Å². The van der Waals surface area contributed by atoms with Gasteiger partial charge in [0, 0.05) is 12.8 Å². The molecule has 298 valence electrons. The van der Waals surface area contributed by atoms with Crippen molar-refractivity contribution in [3.63, 3.8) is 0 Å². The van der Waals surface area contributed by atoms with Crippen molar-refractivity contribution in [1.29, 1.82) is 0 Å². The number of phosphoric ester groups is 1. The molecule has 0 aliphatic rings. The van der Waals surface area contributed by atoms with Gasteiger partial charge in [-0.25, -0.2) is 4.57 Å². The van der Waals surface area contributed by atoms with Crippen LogP contribution in [0.25, 0.3) is 0 Å². The number of hydrogen-bond donors (Lipinski definition) is 2. The van der Waals surface area contributed by atoms with E-state index in [0.717, 1.165) is 70.6 Å². The van der Waals surface area contributed by atoms with Gasteiger partial charge in [-0.1, -0.05) is 179 Å². The monoisotopic (exact) mass is 741 g/mol. The third kappa shape index (κ3) is 40.9. The maximum atomic E-state index is 12.4. The Morgan fingerprint density at radius 3 is 1.41 bits per heavy atom. The number of ether oxygens (including phenoxy) is 2. The van der Waals surface area contributed by atoms with E-state index in [1.165, 1.54) is 89.9 Å². The Labute approximate surface area is 312 Å². The molecule has 0 radical (unpaired) electrons. The minimum absolute atomic E-state index is 0.211. The van der Waals surface area contributed by atoms with E-state index in [1.54, 1.807) is 0 Å². The molecule has 0 heterocycles. The van der Waals surface area contributed by atoms with Crippen molar-refractivity contribution in [2.75, 3.05) is 13.2 Å². The number of unbranched alkanes of at least 4 members (excludes halogenated alkanes) is 22. The van der Waals surface area contributed by atoms with Crippen molar-refractivity contribution in [3.8, 4) is 0 Å². The van der Waals surface area contributed by atoms with Gasteiger partial charge in [-0.15, -0.1) is 0 Å². The van der Waals surface area contributed by atoms with Gasteiger partial charge >= 0.3 is 19.8 Å². The van der Waals surface area contributed by atoms with Gasteiger partial charge in [0.2, 0.25) is 0 Å². The van der Waals surface area contributed by atoms with Crippen LogP contribution in [0.4, 0.5) is 0 Å². The molecule has 0 aliphatic carbocycles. The van der Waals surface area contributed by atoms with Crippen LogP contribution >= 0.6 is 7.82 Å². The van der Waals surface area contributed by atoms with Crippen LogP contribution in [0.5, 0.6) is 0 Å². The van der Waals surface area contributed by atoms with E-state index in [-0.39, 0.29) is 19.4 Å². The Bertz CT molecular complexity index is 926. The molecule has 1 atom stereocenters. The summed E-state index contributed by atoms with van der Waals surface area (Å²) in [6.45, 7) is 3.57. The fraction of sp³-hybridized carbons (Fsp3) is 0.810. The third-order valence-electron chi connectivity index (χ3n) is 8.92. The number of carbonyl (C=O) groups is 2. The molecule has 0 aromatic heterocycles. The summed E-state index contributed by atoms with van der Waals surface area (Å²) in [5.74, 6) is -0.898. The molecule has 0 aromatic carbocycles. The summed E-state index contributed by atoms with van der Waals surface area (Å²) in [6.07, 6.45) is 44.4. The molecule has 0 saturated carbocycles. The van der Waals surface area contributed by atoms with E-state index in [9.17, 15) is 14.2 Å². The minimum Gasteiger partial charge on any atom is -0.462 e. The molecule has 0 rings (SSSR count). The first-order valence-electron chi connectivity index (χ1n) is 20.8. The standard InChI is InChI=1S/C42H77O8P/c1-3-5-7-9-11-13-15-17-19-20-21-23-25-27-29-31-33-35-37-42(44)50-40(39-49-51(45,46)47)38-48-41(43)36-34-32-30-28-26-24-22-18-16-14-12-10-8-6-4-2/h6,8,12,14,18,22,40H,3-5,7,9-11,13,15-17,19-21,23-39H2,1-2H3,(H2,45,46,47)/b8-6-,14-12-,22-18-/t40-/m1/s1. The fourth-order valence-corrected chi connectivity index (χ4v) is 6.22. The van der Waals surface area contributed by atoms with Gasteiger partial charge in [-0.3, -0.25) is 14.1 Å². The van der Waals surface area contributed by atoms with E-state index in [1.807, 2.05) is 0 Å². The van der Waals surface area contributed by atoms with Crippen LogP contribution < -0.4 is 0 Å². The Morgan fingerprint density at radius 2 is 0.941 bits per heavy atom. The number of allylic oxidation sites excluding steroid dienone is 6. The summed E-state index contributed by atoms with van der Waals surface area (Å²) >= 11 is 0. The fourth-order valence-electron chi connectivity index (χ4n) is 5.86. The van der Waals surface area contributed by atoms with E-state index < -0.39 is 32.5 Å². The molecule has 0 aliphatic heterocycles. The zero-order valence-corrected chi connectivity index (χ0v) is 33.6. The number of carbonyl (C=O) groups excluding carboxylic acids is 2. The Kier molecular flexibility index (Phi) is 36.7. The molecule has 0 spiro atoms. The second-order valence-corrected chi connectivity index (χ2v) is 15.2. The normalized spacial score (nSPS) is 12.8. The quantitative estimate of drug-likeness (QED) is 0.0278. The summed E-state index contributed by atoms with van der Waals surface area (Å²) in [6, 6.07) is 0. The van der Waals surface area contributed by atoms with Crippen molar-refractivity contribution in [1.82, 2.24) is 0 Å². The number of esters is 2. The van der Waals surface area contributed by atoms with Crippen LogP contribution in [0.3, 0.4) is 0 Å². The molecular weight excluding hydrogens is 663 g/mol. The second-order valence-electron chi connectivity index (χ2n) is 13.9. The zero-order valence-electron chi connectivity index (χ0n) is 32.8. The van der Waals surface area contributed by atoms with Crippen LogP contribution in [0, 0.1) is 0 Å². The number of rotatable bonds is 38. The first-order chi connectivity index (χ1) is 24.8. The molecule has 9 heteroatoms. The predicted octanol–water partition coefficient (Wildman–Crippen LogP) is 12.6. The largest absolute Gasteiger partial charge is 0.469 e. The molecule has 0 aromatic rings. The molecule has 51 heavy (non-hydrogen) atoms. The molecule has 0 unspecified atom stereocenters. The SMILES string of the molecule is CC/C=C\C/C=C\C/C=C\CCCCCCCC(=O)OC[C@H](COP(=O)(O)O)OC(=O)CCCCCCCCCCCCCCCCCCCC. The molecular formula is C42H77O8P. The van der Waals surface area contributed by atoms with Gasteiger partial charge in [0.15, 0.2) is 6.10 Å². The highest BCUT2D eigenvalue weighted by Crippen LogP contribution is 2.36. The summed E-state index contributed by atoms with van der Waals surface area (Å²) < 4.78 is 26.4. The third-order valence-corrected chi connectivity index (χ3v) is 9.41. The van der Waals surface area contributed by atoms with Crippen LogP contribution in [0.1, 0.15) is 200 Å². The Balaban J connectivity index is 3.91. The topological polar surface area (TPSA) is 119 Å². The first-order valence-corrected chi connectivity index (χ1v) is 22.3. The van der Waals surface area contributed by atoms with Gasteiger partial charge in [-0.05, 0) is 44.9 Å². The lowest BCUT2D eigenvalue weighted by Gasteiger charge is -2.18. The van der Waals surface area contributed by atoms with Gasteiger partial charge in [0.05, 0.1) is 6.61 Å². The predicted molar refractivity (Wildman–Crippen MR) is 211 cm³/mol. The summed E-state index contributed by atoms with van der Waals surface area (Å²) in [5.41, 5.74) is 0. The summed E-state index contributed by atoms with van der Waals surface area (Å²) in [4.78, 5) is 42.8. The molecule has 0 amide bonds. The highest BCUT2D eigenvalue weighted by Gasteiger charge is 2.22. The van der Waals surface area contributed by atoms with E-state index in [4.69, 9.17) is 19.3 Å².